The molecule has 0 saturated carbocycles. The molecule has 0 amide bonds. The van der Waals surface area contributed by atoms with Crippen molar-refractivity contribution in [3.63, 3.8) is 0 Å². The van der Waals surface area contributed by atoms with E-state index >= 15 is 0 Å². The molecule has 0 radical (unpaired) electrons. The van der Waals surface area contributed by atoms with Gasteiger partial charge in [-0.15, -0.1) is 0 Å². The van der Waals surface area contributed by atoms with Crippen molar-refractivity contribution < 1.29 is 4.92 Å². The maximum atomic E-state index is 10.5. The van der Waals surface area contributed by atoms with E-state index in [2.05, 4.69) is 0 Å². The molecule has 0 aromatic carbocycles. The Hall–Kier alpha value is -0.250. The first-order chi connectivity index (χ1) is 5.80. The zero-order chi connectivity index (χ0) is 8.81. The molecule has 0 aromatic rings. The second-order valence-electron chi connectivity index (χ2n) is 3.17. The summed E-state index contributed by atoms with van der Waals surface area (Å²) in [4.78, 5) is 10.4. The SMILES string of the molecule is O=[N+]([O-])C1CCCCCCCS1. The van der Waals surface area contributed by atoms with Gasteiger partial charge in [0.1, 0.15) is 0 Å². The summed E-state index contributed by atoms with van der Waals surface area (Å²) in [6.45, 7) is 0. The fourth-order valence-corrected chi connectivity index (χ4v) is 2.52. The normalized spacial score (nSPS) is 26.8. The molecule has 0 aliphatic carbocycles. The van der Waals surface area contributed by atoms with Crippen molar-refractivity contribution in [2.75, 3.05) is 5.75 Å². The molecule has 3 nitrogen and oxygen atoms in total. The van der Waals surface area contributed by atoms with Crippen LogP contribution < -0.4 is 0 Å². The largest absolute Gasteiger partial charge is 0.263 e. The maximum Gasteiger partial charge on any atom is 0.258 e. The molecule has 0 N–H and O–H groups in total. The molecule has 12 heavy (non-hydrogen) atoms. The van der Waals surface area contributed by atoms with Crippen LogP contribution in [0.2, 0.25) is 0 Å². The minimum Gasteiger partial charge on any atom is -0.263 e. The van der Waals surface area contributed by atoms with Crippen molar-refractivity contribution >= 4 is 11.8 Å². The molecule has 0 spiro atoms. The summed E-state index contributed by atoms with van der Waals surface area (Å²) in [6, 6.07) is 0. The number of rotatable bonds is 1. The second kappa shape index (κ2) is 5.41. The molecule has 1 aliphatic rings. The van der Waals surface area contributed by atoms with Crippen molar-refractivity contribution in [3.05, 3.63) is 10.1 Å². The lowest BCUT2D eigenvalue weighted by atomic mass is 10.1. The number of nitrogens with zero attached hydrogens (tertiary/aromatic N) is 1. The van der Waals surface area contributed by atoms with Gasteiger partial charge in [0.05, 0.1) is 0 Å². The topological polar surface area (TPSA) is 43.1 Å². The molecule has 1 unspecified atom stereocenters. The van der Waals surface area contributed by atoms with Crippen LogP contribution in [0.1, 0.15) is 38.5 Å². The highest BCUT2D eigenvalue weighted by Crippen LogP contribution is 2.23. The quantitative estimate of drug-likeness (QED) is 0.470. The van der Waals surface area contributed by atoms with Gasteiger partial charge in [0.25, 0.3) is 5.37 Å². The van der Waals surface area contributed by atoms with Crippen LogP contribution in [0.5, 0.6) is 0 Å². The van der Waals surface area contributed by atoms with Crippen LogP contribution in [-0.2, 0) is 0 Å². The molecule has 0 bridgehead atoms. The molecule has 1 atom stereocenters. The number of hydrogen-bond acceptors (Lipinski definition) is 3. The van der Waals surface area contributed by atoms with Crippen molar-refractivity contribution in [2.24, 2.45) is 0 Å². The van der Waals surface area contributed by atoms with Crippen LogP contribution in [-0.4, -0.2) is 16.1 Å². The number of thioether (sulfide) groups is 1. The summed E-state index contributed by atoms with van der Waals surface area (Å²) in [5.41, 5.74) is 0. The summed E-state index contributed by atoms with van der Waals surface area (Å²) in [6.07, 6.45) is 6.61. The Kier molecular flexibility index (Phi) is 4.43. The average Bonchev–Trinajstić information content (AvgIpc) is 2.15. The van der Waals surface area contributed by atoms with Gasteiger partial charge in [-0.05, 0) is 18.6 Å². The first kappa shape index (κ1) is 9.84. The van der Waals surface area contributed by atoms with Crippen LogP contribution in [0.25, 0.3) is 0 Å². The number of nitro groups is 1. The summed E-state index contributed by atoms with van der Waals surface area (Å²) in [5.74, 6) is 0.964. The zero-order valence-electron chi connectivity index (χ0n) is 7.20. The van der Waals surface area contributed by atoms with E-state index in [1.165, 1.54) is 31.0 Å². The van der Waals surface area contributed by atoms with E-state index in [0.717, 1.165) is 25.0 Å². The second-order valence-corrected chi connectivity index (χ2v) is 4.45. The van der Waals surface area contributed by atoms with Gasteiger partial charge in [0, 0.05) is 11.3 Å². The Morgan fingerprint density at radius 3 is 2.58 bits per heavy atom. The van der Waals surface area contributed by atoms with E-state index in [9.17, 15) is 10.1 Å². The monoisotopic (exact) mass is 189 g/mol. The van der Waals surface area contributed by atoms with E-state index in [1.807, 2.05) is 0 Å². The average molecular weight is 189 g/mol. The minimum atomic E-state index is -0.330. The molecule has 1 saturated heterocycles. The molecule has 1 heterocycles. The van der Waals surface area contributed by atoms with Crippen molar-refractivity contribution in [3.8, 4) is 0 Å². The highest BCUT2D eigenvalue weighted by atomic mass is 32.2. The molecular formula is C8H15NO2S. The number of hydrogen-bond donors (Lipinski definition) is 0. The van der Waals surface area contributed by atoms with Gasteiger partial charge in [0.15, 0.2) is 0 Å². The maximum absolute atomic E-state index is 10.5. The van der Waals surface area contributed by atoms with Gasteiger partial charge in [-0.1, -0.05) is 31.0 Å². The Morgan fingerprint density at radius 1 is 1.17 bits per heavy atom. The highest BCUT2D eigenvalue weighted by Gasteiger charge is 2.20. The van der Waals surface area contributed by atoms with E-state index in [4.69, 9.17) is 0 Å². The van der Waals surface area contributed by atoms with Gasteiger partial charge in [-0.25, -0.2) is 0 Å². The minimum absolute atomic E-state index is 0.129. The smallest absolute Gasteiger partial charge is 0.258 e. The lowest BCUT2D eigenvalue weighted by Gasteiger charge is -2.05. The van der Waals surface area contributed by atoms with Gasteiger partial charge in [0.2, 0.25) is 0 Å². The first-order valence-electron chi connectivity index (χ1n) is 4.56. The van der Waals surface area contributed by atoms with E-state index in [1.54, 1.807) is 0 Å². The van der Waals surface area contributed by atoms with Gasteiger partial charge >= 0.3 is 0 Å². The summed E-state index contributed by atoms with van der Waals surface area (Å²) < 4.78 is 0. The molecule has 0 aromatic heterocycles. The molecule has 1 fully saturated rings. The van der Waals surface area contributed by atoms with Crippen LogP contribution in [0.15, 0.2) is 0 Å². The van der Waals surface area contributed by atoms with E-state index in [0.29, 0.717) is 0 Å². The van der Waals surface area contributed by atoms with Gasteiger partial charge < -0.3 is 0 Å². The summed E-state index contributed by atoms with van der Waals surface area (Å²) >= 11 is 1.52. The lowest BCUT2D eigenvalue weighted by molar-refractivity contribution is -0.496. The Bertz CT molecular complexity index is 142. The van der Waals surface area contributed by atoms with Gasteiger partial charge in [-0.2, -0.15) is 0 Å². The molecule has 1 aliphatic heterocycles. The third kappa shape index (κ3) is 3.43. The third-order valence-corrected chi connectivity index (χ3v) is 3.46. The molecule has 70 valence electrons. The van der Waals surface area contributed by atoms with Crippen LogP contribution in [0.3, 0.4) is 0 Å². The zero-order valence-corrected chi connectivity index (χ0v) is 8.02. The van der Waals surface area contributed by atoms with Crippen LogP contribution >= 0.6 is 11.8 Å². The van der Waals surface area contributed by atoms with Crippen LogP contribution in [0, 0.1) is 10.1 Å². The Labute approximate surface area is 77.1 Å². The molecule has 1 rings (SSSR count). The Morgan fingerprint density at radius 2 is 1.83 bits per heavy atom. The summed E-state index contributed by atoms with van der Waals surface area (Å²) in [5, 5.41) is 10.2. The van der Waals surface area contributed by atoms with E-state index in [-0.39, 0.29) is 10.3 Å². The standard InChI is InChI=1S/C8H15NO2S/c10-9(11)8-6-4-2-1-3-5-7-12-8/h8H,1-7H2. The molecular weight excluding hydrogens is 174 g/mol. The first-order valence-corrected chi connectivity index (χ1v) is 5.60. The fourth-order valence-electron chi connectivity index (χ4n) is 1.42. The van der Waals surface area contributed by atoms with E-state index < -0.39 is 0 Å². The summed E-state index contributed by atoms with van der Waals surface area (Å²) in [7, 11) is 0. The lowest BCUT2D eigenvalue weighted by Crippen LogP contribution is -2.15. The van der Waals surface area contributed by atoms with Crippen LogP contribution in [0.4, 0.5) is 0 Å². The van der Waals surface area contributed by atoms with Crippen molar-refractivity contribution in [2.45, 2.75) is 43.9 Å². The predicted molar refractivity (Wildman–Crippen MR) is 50.9 cm³/mol. The van der Waals surface area contributed by atoms with Crippen molar-refractivity contribution in [1.29, 1.82) is 0 Å². The molecule has 4 heteroatoms. The highest BCUT2D eigenvalue weighted by molar-refractivity contribution is 7.99. The van der Waals surface area contributed by atoms with Crippen molar-refractivity contribution in [1.82, 2.24) is 0 Å². The predicted octanol–water partition coefficient (Wildman–Crippen LogP) is 2.68. The fraction of sp³-hybridized carbons (Fsp3) is 1.00. The van der Waals surface area contributed by atoms with Gasteiger partial charge in [-0.3, -0.25) is 10.1 Å². The Balaban J connectivity index is 2.33. The third-order valence-electron chi connectivity index (χ3n) is 2.14.